The lowest BCUT2D eigenvalue weighted by Gasteiger charge is -2.19. The van der Waals surface area contributed by atoms with Crippen molar-refractivity contribution in [3.05, 3.63) is 12.7 Å². The third-order valence-electron chi connectivity index (χ3n) is 2.28. The zero-order valence-corrected chi connectivity index (χ0v) is 14.4. The van der Waals surface area contributed by atoms with Gasteiger partial charge in [-0.05, 0) is 19.6 Å². The molecule has 0 bridgehead atoms. The topological polar surface area (TPSA) is 76.4 Å². The zero-order valence-electron chi connectivity index (χ0n) is 11.9. The number of hydrogen-bond acceptors (Lipinski definition) is 8. The normalized spacial score (nSPS) is 12.6. The van der Waals surface area contributed by atoms with Crippen LogP contribution in [0.25, 0.3) is 0 Å². The van der Waals surface area contributed by atoms with Crippen molar-refractivity contribution in [2.45, 2.75) is 24.5 Å². The molecule has 116 valence electrons. The van der Waals surface area contributed by atoms with Gasteiger partial charge in [-0.3, -0.25) is 4.79 Å². The molecule has 0 spiro atoms. The highest BCUT2D eigenvalue weighted by Crippen LogP contribution is 2.33. The van der Waals surface area contributed by atoms with Crippen LogP contribution in [-0.4, -0.2) is 39.7 Å². The summed E-state index contributed by atoms with van der Waals surface area (Å²) in [4.78, 5) is 22.3. The van der Waals surface area contributed by atoms with Crippen LogP contribution < -0.4 is 0 Å². The Morgan fingerprint density at radius 1 is 1.43 bits per heavy atom. The number of thioether (sulfide) groups is 2. The van der Waals surface area contributed by atoms with Gasteiger partial charge in [0.25, 0.3) is 0 Å². The number of nitrogens with zero attached hydrogens (tertiary/aromatic N) is 1. The van der Waals surface area contributed by atoms with Gasteiger partial charge in [0.05, 0.1) is 6.07 Å². The second-order valence-corrected chi connectivity index (χ2v) is 7.50. The molecule has 1 atom stereocenters. The Morgan fingerprint density at radius 2 is 2.05 bits per heavy atom. The summed E-state index contributed by atoms with van der Waals surface area (Å²) in [5.41, 5.74) is 0. The third kappa shape index (κ3) is 9.50. The van der Waals surface area contributed by atoms with Crippen molar-refractivity contribution in [3.63, 3.8) is 0 Å². The second-order valence-electron chi connectivity index (χ2n) is 3.99. The van der Waals surface area contributed by atoms with Gasteiger partial charge in [0.2, 0.25) is 0 Å². The van der Waals surface area contributed by atoms with Gasteiger partial charge in [0.15, 0.2) is 0 Å². The molecule has 8 heteroatoms. The zero-order chi connectivity index (χ0) is 16.3. The number of rotatable bonds is 8. The van der Waals surface area contributed by atoms with E-state index in [2.05, 4.69) is 17.4 Å². The summed E-state index contributed by atoms with van der Waals surface area (Å²) < 4.78 is 9.47. The molecule has 0 aromatic heterocycles. The minimum Gasteiger partial charge on any atom is -0.462 e. The van der Waals surface area contributed by atoms with Crippen LogP contribution in [0.1, 0.15) is 19.8 Å². The van der Waals surface area contributed by atoms with Crippen LogP contribution in [0.2, 0.25) is 0 Å². The molecule has 0 aromatic rings. The maximum atomic E-state index is 11.5. The Labute approximate surface area is 138 Å². The Balaban J connectivity index is 4.05. The first-order valence-corrected chi connectivity index (χ1v) is 8.45. The van der Waals surface area contributed by atoms with E-state index in [0.29, 0.717) is 9.95 Å². The number of thiocarbonyl (C=S) groups is 1. The van der Waals surface area contributed by atoms with Gasteiger partial charge in [0.1, 0.15) is 21.5 Å². The first-order chi connectivity index (χ1) is 9.86. The van der Waals surface area contributed by atoms with Crippen LogP contribution in [0.3, 0.4) is 0 Å². The fraction of sp³-hybridized carbons (Fsp3) is 0.538. The van der Waals surface area contributed by atoms with E-state index in [1.54, 1.807) is 6.92 Å². The Bertz CT molecular complexity index is 447. The molecule has 0 rings (SSSR count). The number of esters is 2. The standard InChI is InChI=1S/C13H17NO4S3/c1-4-10(15)17-7-8-18-11(16)5-6-13(2,9-14)21-12(19)20-3/h4H,1,5-8H2,2-3H3. The number of nitriles is 1. The second kappa shape index (κ2) is 10.7. The van der Waals surface area contributed by atoms with E-state index in [9.17, 15) is 14.9 Å². The molecule has 0 amide bonds. The van der Waals surface area contributed by atoms with Gasteiger partial charge >= 0.3 is 11.9 Å². The SMILES string of the molecule is C=CC(=O)OCCOC(=O)CCC(C)(C#N)SC(=S)SC. The third-order valence-corrected chi connectivity index (χ3v) is 5.02. The molecule has 0 saturated heterocycles. The summed E-state index contributed by atoms with van der Waals surface area (Å²) in [6.45, 7) is 4.95. The molecule has 0 radical (unpaired) electrons. The summed E-state index contributed by atoms with van der Waals surface area (Å²) >= 11 is 7.74. The van der Waals surface area contributed by atoms with E-state index in [1.807, 2.05) is 6.26 Å². The number of carbonyl (C=O) groups excluding carboxylic acids is 2. The minimum absolute atomic E-state index is 0.0158. The molecule has 0 aliphatic heterocycles. The van der Waals surface area contributed by atoms with Gasteiger partial charge < -0.3 is 9.47 Å². The van der Waals surface area contributed by atoms with Gasteiger partial charge in [-0.15, -0.1) is 11.8 Å². The molecule has 1 unspecified atom stereocenters. The fourth-order valence-electron chi connectivity index (χ4n) is 1.12. The van der Waals surface area contributed by atoms with E-state index >= 15 is 0 Å². The van der Waals surface area contributed by atoms with Crippen molar-refractivity contribution in [1.82, 2.24) is 0 Å². The summed E-state index contributed by atoms with van der Waals surface area (Å²) in [5, 5.41) is 9.19. The Hall–Kier alpha value is -1.04. The first kappa shape index (κ1) is 20.0. The van der Waals surface area contributed by atoms with Crippen LogP contribution in [-0.2, 0) is 19.1 Å². The van der Waals surface area contributed by atoms with Gasteiger partial charge in [-0.25, -0.2) is 4.79 Å². The van der Waals surface area contributed by atoms with E-state index in [0.717, 1.165) is 6.08 Å². The van der Waals surface area contributed by atoms with E-state index in [-0.39, 0.29) is 19.6 Å². The van der Waals surface area contributed by atoms with E-state index in [1.165, 1.54) is 23.5 Å². The molecule has 5 nitrogen and oxygen atoms in total. The van der Waals surface area contributed by atoms with Crippen molar-refractivity contribution in [3.8, 4) is 6.07 Å². The maximum Gasteiger partial charge on any atom is 0.330 e. The largest absolute Gasteiger partial charge is 0.462 e. The molecule has 0 aliphatic rings. The summed E-state index contributed by atoms with van der Waals surface area (Å²) in [6, 6.07) is 2.16. The minimum atomic E-state index is -0.756. The lowest BCUT2D eigenvalue weighted by atomic mass is 10.1. The summed E-state index contributed by atoms with van der Waals surface area (Å²) in [5.74, 6) is -1.01. The number of ether oxygens (including phenoxy) is 2. The quantitative estimate of drug-likeness (QED) is 0.287. The highest BCUT2D eigenvalue weighted by Gasteiger charge is 2.27. The molecule has 21 heavy (non-hydrogen) atoms. The molecular formula is C13H17NO4S3. The molecule has 0 saturated carbocycles. The van der Waals surface area contributed by atoms with Gasteiger partial charge in [-0.2, -0.15) is 5.26 Å². The predicted molar refractivity (Wildman–Crippen MR) is 89.1 cm³/mol. The van der Waals surface area contributed by atoms with Crippen molar-refractivity contribution >= 4 is 51.2 Å². The lowest BCUT2D eigenvalue weighted by Crippen LogP contribution is -2.21. The van der Waals surface area contributed by atoms with E-state index in [4.69, 9.17) is 17.0 Å². The maximum absolute atomic E-state index is 11.5. The average Bonchev–Trinajstić information content (AvgIpc) is 2.49. The average molecular weight is 347 g/mol. The van der Waals surface area contributed by atoms with Crippen LogP contribution >= 0.6 is 35.7 Å². The van der Waals surface area contributed by atoms with Gasteiger partial charge in [0, 0.05) is 12.5 Å². The number of carbonyl (C=O) groups is 2. The van der Waals surface area contributed by atoms with E-state index < -0.39 is 16.7 Å². The molecule has 0 N–H and O–H groups in total. The monoisotopic (exact) mass is 347 g/mol. The fourth-order valence-corrected chi connectivity index (χ4v) is 3.18. The molecular weight excluding hydrogens is 330 g/mol. The van der Waals surface area contributed by atoms with Crippen molar-refractivity contribution in [2.75, 3.05) is 19.5 Å². The molecule has 0 aliphatic carbocycles. The van der Waals surface area contributed by atoms with Crippen molar-refractivity contribution < 1.29 is 19.1 Å². The predicted octanol–water partition coefficient (Wildman–Crippen LogP) is 2.70. The molecule has 0 aromatic carbocycles. The van der Waals surface area contributed by atoms with Crippen LogP contribution in [0.5, 0.6) is 0 Å². The van der Waals surface area contributed by atoms with Crippen molar-refractivity contribution in [1.29, 1.82) is 5.26 Å². The first-order valence-electron chi connectivity index (χ1n) is 6.00. The summed E-state index contributed by atoms with van der Waals surface area (Å²) in [7, 11) is 0. The number of hydrogen-bond donors (Lipinski definition) is 0. The Kier molecular flexibility index (Phi) is 10.1. The summed E-state index contributed by atoms with van der Waals surface area (Å²) in [6.07, 6.45) is 3.31. The van der Waals surface area contributed by atoms with Crippen molar-refractivity contribution in [2.24, 2.45) is 0 Å². The highest BCUT2D eigenvalue weighted by molar-refractivity contribution is 8.47. The van der Waals surface area contributed by atoms with Crippen LogP contribution in [0.4, 0.5) is 0 Å². The van der Waals surface area contributed by atoms with Crippen LogP contribution in [0.15, 0.2) is 12.7 Å². The van der Waals surface area contributed by atoms with Gasteiger partial charge in [-0.1, -0.05) is 30.6 Å². The molecule has 0 fully saturated rings. The highest BCUT2D eigenvalue weighted by atomic mass is 32.2. The Morgan fingerprint density at radius 3 is 2.57 bits per heavy atom. The smallest absolute Gasteiger partial charge is 0.330 e. The van der Waals surface area contributed by atoms with Crippen LogP contribution in [0, 0.1) is 11.3 Å². The lowest BCUT2D eigenvalue weighted by molar-refractivity contribution is -0.149. The molecule has 0 heterocycles.